The first-order valence-corrected chi connectivity index (χ1v) is 8.33. The lowest BCUT2D eigenvalue weighted by Gasteiger charge is -2.18. The Morgan fingerprint density at radius 3 is 2.78 bits per heavy atom. The van der Waals surface area contributed by atoms with Crippen LogP contribution in [0.2, 0.25) is 5.02 Å². The maximum atomic E-state index is 13.7. The van der Waals surface area contributed by atoms with Crippen molar-refractivity contribution in [3.8, 4) is 17.0 Å². The predicted molar refractivity (Wildman–Crippen MR) is 95.9 cm³/mol. The van der Waals surface area contributed by atoms with E-state index in [-0.39, 0.29) is 40.0 Å². The Hall–Kier alpha value is -2.81. The third-order valence-electron chi connectivity index (χ3n) is 4.24. The van der Waals surface area contributed by atoms with Crippen LogP contribution in [0.25, 0.3) is 22.2 Å². The topological polar surface area (TPSA) is 86.0 Å². The molecule has 0 bridgehead atoms. The summed E-state index contributed by atoms with van der Waals surface area (Å²) >= 11 is 6.47. The van der Waals surface area contributed by atoms with Crippen LogP contribution in [0.3, 0.4) is 0 Å². The molecule has 3 heterocycles. The molecule has 6 nitrogen and oxygen atoms in total. The molecule has 3 aromatic rings. The molecule has 10 heteroatoms. The molecule has 1 aliphatic heterocycles. The monoisotopic (exact) mass is 395 g/mol. The lowest BCUT2D eigenvalue weighted by Crippen LogP contribution is -2.12. The Morgan fingerprint density at radius 1 is 1.26 bits per heavy atom. The Morgan fingerprint density at radius 2 is 2.04 bits per heavy atom. The molecule has 0 unspecified atom stereocenters. The molecule has 0 saturated carbocycles. The predicted octanol–water partition coefficient (Wildman–Crippen LogP) is 4.06. The molecule has 27 heavy (non-hydrogen) atoms. The zero-order valence-electron chi connectivity index (χ0n) is 14.0. The molecule has 1 aromatic carbocycles. The van der Waals surface area contributed by atoms with Gasteiger partial charge in [-0.2, -0.15) is 13.2 Å². The number of pyridine rings is 1. The van der Waals surface area contributed by atoms with Crippen LogP contribution in [-0.4, -0.2) is 28.1 Å². The molecule has 0 aliphatic carbocycles. The minimum absolute atomic E-state index is 0.00486. The minimum atomic E-state index is -4.63. The van der Waals surface area contributed by atoms with E-state index in [9.17, 15) is 13.2 Å². The summed E-state index contributed by atoms with van der Waals surface area (Å²) in [6.45, 7) is 2.06. The number of nitrogens with two attached hydrogens (primary N) is 1. The van der Waals surface area contributed by atoms with Crippen molar-refractivity contribution in [3.63, 3.8) is 0 Å². The maximum absolute atomic E-state index is 13.7. The van der Waals surface area contributed by atoms with Crippen molar-refractivity contribution in [1.82, 2.24) is 15.0 Å². The largest absolute Gasteiger partial charge is 0.489 e. The maximum Gasteiger partial charge on any atom is 0.418 e. The van der Waals surface area contributed by atoms with Crippen LogP contribution in [0.15, 0.2) is 18.5 Å². The van der Waals surface area contributed by atoms with Gasteiger partial charge in [-0.1, -0.05) is 11.6 Å². The number of halogens is 4. The van der Waals surface area contributed by atoms with Crippen molar-refractivity contribution in [2.75, 3.05) is 24.2 Å². The van der Waals surface area contributed by atoms with Crippen LogP contribution in [-0.2, 0) is 6.18 Å². The summed E-state index contributed by atoms with van der Waals surface area (Å²) < 4.78 is 46.8. The van der Waals surface area contributed by atoms with E-state index in [2.05, 4.69) is 20.3 Å². The number of aromatic nitrogens is 3. The molecule has 2 aromatic heterocycles. The van der Waals surface area contributed by atoms with Gasteiger partial charge in [0.05, 0.1) is 33.7 Å². The van der Waals surface area contributed by atoms with Gasteiger partial charge >= 0.3 is 6.18 Å². The standard InChI is InChI=1S/C17H13ClF3N5O/c1-7-4-10(22)26-14(12(7)17(19,20)21)8-5-9-11-15(13(8)18)27-3-2-23-16(11)25-6-24-9/h4-6H,2-3H2,1H3,(H2,22,26)(H,23,24,25). The SMILES string of the molecule is Cc1cc(N)nc(-c2cc3ncnc4c3c(c2Cl)OCCN4)c1C(F)(F)F. The van der Waals surface area contributed by atoms with Crippen LogP contribution >= 0.6 is 11.6 Å². The fourth-order valence-electron chi connectivity index (χ4n) is 3.18. The van der Waals surface area contributed by atoms with Gasteiger partial charge in [0, 0.05) is 5.56 Å². The molecule has 4 rings (SSSR count). The van der Waals surface area contributed by atoms with Crippen LogP contribution in [0.4, 0.5) is 24.8 Å². The Bertz CT molecular complexity index is 1070. The van der Waals surface area contributed by atoms with E-state index in [1.54, 1.807) is 0 Å². The van der Waals surface area contributed by atoms with Gasteiger partial charge in [-0.25, -0.2) is 15.0 Å². The van der Waals surface area contributed by atoms with Crippen molar-refractivity contribution < 1.29 is 17.9 Å². The number of nitrogens with one attached hydrogen (secondary N) is 1. The summed E-state index contributed by atoms with van der Waals surface area (Å²) in [5.74, 6) is 0.692. The summed E-state index contributed by atoms with van der Waals surface area (Å²) in [5.41, 5.74) is 4.85. The Kier molecular flexibility index (Phi) is 3.99. The highest BCUT2D eigenvalue weighted by Crippen LogP contribution is 2.47. The van der Waals surface area contributed by atoms with E-state index in [0.29, 0.717) is 23.3 Å². The molecule has 0 saturated heterocycles. The average Bonchev–Trinajstić information content (AvgIpc) is 2.80. The summed E-state index contributed by atoms with van der Waals surface area (Å²) in [4.78, 5) is 12.2. The number of hydrogen-bond acceptors (Lipinski definition) is 6. The van der Waals surface area contributed by atoms with Crippen molar-refractivity contribution >= 4 is 34.1 Å². The number of aryl methyl sites for hydroxylation is 1. The number of ether oxygens (including phenoxy) is 1. The van der Waals surface area contributed by atoms with E-state index in [4.69, 9.17) is 22.1 Å². The van der Waals surface area contributed by atoms with Crippen molar-refractivity contribution in [2.24, 2.45) is 0 Å². The second kappa shape index (κ2) is 6.12. The average molecular weight is 396 g/mol. The fourth-order valence-corrected chi connectivity index (χ4v) is 3.47. The fraction of sp³-hybridized carbons (Fsp3) is 0.235. The highest BCUT2D eigenvalue weighted by Gasteiger charge is 2.38. The Balaban J connectivity index is 2.10. The van der Waals surface area contributed by atoms with Gasteiger partial charge in [-0.15, -0.1) is 0 Å². The Labute approximate surface area is 156 Å². The summed E-state index contributed by atoms with van der Waals surface area (Å²) in [6.07, 6.45) is -3.31. The van der Waals surface area contributed by atoms with Crippen LogP contribution in [0, 0.1) is 6.92 Å². The number of nitrogen functional groups attached to an aromatic ring is 1. The molecule has 3 N–H and O–H groups in total. The lowest BCUT2D eigenvalue weighted by atomic mass is 9.99. The van der Waals surface area contributed by atoms with E-state index in [1.165, 1.54) is 25.4 Å². The number of benzene rings is 1. The van der Waals surface area contributed by atoms with E-state index in [1.807, 2.05) is 0 Å². The van der Waals surface area contributed by atoms with Gasteiger partial charge in [0.1, 0.15) is 24.6 Å². The molecule has 140 valence electrons. The summed E-state index contributed by atoms with van der Waals surface area (Å²) in [7, 11) is 0. The quantitative estimate of drug-likeness (QED) is 0.646. The molecule has 0 radical (unpaired) electrons. The molecule has 0 spiro atoms. The normalized spacial score (nSPS) is 13.8. The van der Waals surface area contributed by atoms with Gasteiger partial charge < -0.3 is 15.8 Å². The summed E-state index contributed by atoms with van der Waals surface area (Å²) in [5, 5.41) is 3.60. The third kappa shape index (κ3) is 2.87. The highest BCUT2D eigenvalue weighted by molar-refractivity contribution is 6.36. The lowest BCUT2D eigenvalue weighted by molar-refractivity contribution is -0.137. The second-order valence-corrected chi connectivity index (χ2v) is 6.42. The number of rotatable bonds is 1. The molecular weight excluding hydrogens is 383 g/mol. The van der Waals surface area contributed by atoms with Gasteiger partial charge in [0.15, 0.2) is 5.75 Å². The zero-order chi connectivity index (χ0) is 19.3. The van der Waals surface area contributed by atoms with Crippen LogP contribution < -0.4 is 15.8 Å². The molecule has 0 amide bonds. The number of anilines is 2. The zero-order valence-corrected chi connectivity index (χ0v) is 14.7. The first-order chi connectivity index (χ1) is 12.8. The number of alkyl halides is 3. The molecular formula is C17H13ClF3N5O. The van der Waals surface area contributed by atoms with Crippen LogP contribution in [0.1, 0.15) is 11.1 Å². The molecule has 0 fully saturated rings. The smallest absolute Gasteiger partial charge is 0.418 e. The molecule has 0 atom stereocenters. The van der Waals surface area contributed by atoms with Crippen molar-refractivity contribution in [2.45, 2.75) is 13.1 Å². The second-order valence-electron chi connectivity index (χ2n) is 6.04. The van der Waals surface area contributed by atoms with Crippen molar-refractivity contribution in [3.05, 3.63) is 34.6 Å². The third-order valence-corrected chi connectivity index (χ3v) is 4.61. The summed E-state index contributed by atoms with van der Waals surface area (Å²) in [6, 6.07) is 2.62. The van der Waals surface area contributed by atoms with Gasteiger partial charge in [-0.3, -0.25) is 0 Å². The van der Waals surface area contributed by atoms with Gasteiger partial charge in [0.25, 0.3) is 0 Å². The number of hydrogen-bond donors (Lipinski definition) is 2. The van der Waals surface area contributed by atoms with Crippen LogP contribution in [0.5, 0.6) is 5.75 Å². The van der Waals surface area contributed by atoms with Crippen molar-refractivity contribution in [1.29, 1.82) is 0 Å². The van der Waals surface area contributed by atoms with E-state index in [0.717, 1.165) is 0 Å². The highest BCUT2D eigenvalue weighted by atomic mass is 35.5. The van der Waals surface area contributed by atoms with Gasteiger partial charge in [-0.05, 0) is 24.6 Å². The van der Waals surface area contributed by atoms with E-state index < -0.39 is 11.7 Å². The first kappa shape index (κ1) is 17.6. The first-order valence-electron chi connectivity index (χ1n) is 7.96. The minimum Gasteiger partial charge on any atom is -0.489 e. The molecule has 1 aliphatic rings. The van der Waals surface area contributed by atoms with E-state index >= 15 is 0 Å². The number of nitrogens with zero attached hydrogens (tertiary/aromatic N) is 3. The van der Waals surface area contributed by atoms with Gasteiger partial charge in [0.2, 0.25) is 0 Å².